The molecule has 2 N–H and O–H groups in total. The minimum Gasteiger partial charge on any atom is -0.478 e. The first kappa shape index (κ1) is 15.0. The molecule has 0 radical (unpaired) electrons. The van der Waals surface area contributed by atoms with Crippen molar-refractivity contribution < 1.29 is 14.3 Å². The number of nitrogens with one attached hydrogen (secondary N) is 1. The highest BCUT2D eigenvalue weighted by molar-refractivity contribution is 5.87. The van der Waals surface area contributed by atoms with Gasteiger partial charge >= 0.3 is 5.97 Å². The van der Waals surface area contributed by atoms with Crippen LogP contribution in [-0.4, -0.2) is 11.1 Å². The molecule has 0 fully saturated rings. The highest BCUT2D eigenvalue weighted by atomic mass is 19.1. The molecular weight excluding hydrogens is 269 g/mol. The first-order valence-corrected chi connectivity index (χ1v) is 6.83. The van der Waals surface area contributed by atoms with E-state index >= 15 is 0 Å². The van der Waals surface area contributed by atoms with Crippen LogP contribution < -0.4 is 5.32 Å². The smallest absolute Gasteiger partial charge is 0.338 e. The number of carboxylic acids is 1. The number of carbonyl (C=O) groups is 1. The minimum absolute atomic E-state index is 0.305. The highest BCUT2D eigenvalue weighted by Crippen LogP contribution is 2.19. The summed E-state index contributed by atoms with van der Waals surface area (Å²) in [6, 6.07) is 12.2. The molecule has 0 saturated carbocycles. The second-order valence-corrected chi connectivity index (χ2v) is 5.25. The minimum atomic E-state index is -1.25. The summed E-state index contributed by atoms with van der Waals surface area (Å²) in [5, 5.41) is 12.0. The van der Waals surface area contributed by atoms with Crippen molar-refractivity contribution in [2.24, 2.45) is 0 Å². The summed E-state index contributed by atoms with van der Waals surface area (Å²) < 4.78 is 13.6. The average molecular weight is 287 g/mol. The van der Waals surface area contributed by atoms with E-state index in [0.29, 0.717) is 18.0 Å². The molecule has 0 atom stereocenters. The van der Waals surface area contributed by atoms with Crippen molar-refractivity contribution in [2.75, 3.05) is 5.32 Å². The van der Waals surface area contributed by atoms with Gasteiger partial charge in [-0.25, -0.2) is 9.18 Å². The van der Waals surface area contributed by atoms with E-state index in [1.807, 2.05) is 12.1 Å². The van der Waals surface area contributed by atoms with Gasteiger partial charge in [0.15, 0.2) is 0 Å². The Bertz CT molecular complexity index is 653. The third kappa shape index (κ3) is 3.81. The molecule has 0 aromatic heterocycles. The lowest BCUT2D eigenvalue weighted by atomic mass is 10.0. The van der Waals surface area contributed by atoms with Gasteiger partial charge in [0, 0.05) is 12.2 Å². The molecule has 0 amide bonds. The van der Waals surface area contributed by atoms with Gasteiger partial charge < -0.3 is 10.4 Å². The number of halogens is 1. The Hall–Kier alpha value is -2.36. The Morgan fingerprint density at radius 2 is 2.00 bits per heavy atom. The first-order valence-electron chi connectivity index (χ1n) is 6.83. The van der Waals surface area contributed by atoms with E-state index in [4.69, 9.17) is 5.11 Å². The summed E-state index contributed by atoms with van der Waals surface area (Å²) in [6.45, 7) is 4.69. The van der Waals surface area contributed by atoms with Gasteiger partial charge in [-0.1, -0.05) is 32.0 Å². The number of rotatable bonds is 5. The zero-order valence-corrected chi connectivity index (χ0v) is 12.1. The topological polar surface area (TPSA) is 49.3 Å². The fourth-order valence-corrected chi connectivity index (χ4v) is 2.05. The molecule has 2 aromatic carbocycles. The summed E-state index contributed by atoms with van der Waals surface area (Å²) >= 11 is 0. The van der Waals surface area contributed by atoms with Crippen molar-refractivity contribution in [2.45, 2.75) is 26.3 Å². The summed E-state index contributed by atoms with van der Waals surface area (Å²) in [6.07, 6.45) is 0. The molecule has 110 valence electrons. The molecule has 2 rings (SSSR count). The molecule has 0 unspecified atom stereocenters. The summed E-state index contributed by atoms with van der Waals surface area (Å²) in [7, 11) is 0. The molecular formula is C17H18FNO2. The first-order chi connectivity index (χ1) is 9.97. The number of hydrogen-bond donors (Lipinski definition) is 2. The van der Waals surface area contributed by atoms with E-state index in [9.17, 15) is 9.18 Å². The number of aromatic carboxylic acids is 1. The van der Waals surface area contributed by atoms with Crippen LogP contribution in [0.3, 0.4) is 0 Å². The lowest BCUT2D eigenvalue weighted by Gasteiger charge is -2.11. The number of benzene rings is 2. The van der Waals surface area contributed by atoms with E-state index in [0.717, 1.165) is 5.69 Å². The lowest BCUT2D eigenvalue weighted by molar-refractivity contribution is 0.0692. The Balaban J connectivity index is 2.08. The Morgan fingerprint density at radius 1 is 1.24 bits per heavy atom. The molecule has 0 bridgehead atoms. The Kier molecular flexibility index (Phi) is 4.58. The second-order valence-electron chi connectivity index (χ2n) is 5.25. The van der Waals surface area contributed by atoms with Crippen LogP contribution in [0, 0.1) is 5.82 Å². The Labute approximate surface area is 123 Å². The van der Waals surface area contributed by atoms with Gasteiger partial charge in [0.2, 0.25) is 0 Å². The maximum absolute atomic E-state index is 13.6. The number of carboxylic acid groups (broad SMARTS) is 1. The zero-order valence-electron chi connectivity index (χ0n) is 12.1. The van der Waals surface area contributed by atoms with Crippen molar-refractivity contribution in [3.63, 3.8) is 0 Å². The molecule has 0 saturated heterocycles. The largest absolute Gasteiger partial charge is 0.478 e. The van der Waals surface area contributed by atoms with Gasteiger partial charge in [-0.3, -0.25) is 0 Å². The monoisotopic (exact) mass is 287 g/mol. The van der Waals surface area contributed by atoms with Gasteiger partial charge in [-0.2, -0.15) is 0 Å². The molecule has 21 heavy (non-hydrogen) atoms. The molecule has 3 nitrogen and oxygen atoms in total. The second kappa shape index (κ2) is 6.39. The van der Waals surface area contributed by atoms with Gasteiger partial charge in [-0.15, -0.1) is 0 Å². The molecule has 0 aliphatic carbocycles. The van der Waals surface area contributed by atoms with Crippen LogP contribution >= 0.6 is 0 Å². The predicted octanol–water partition coefficient (Wildman–Crippen LogP) is 4.26. The average Bonchev–Trinajstić information content (AvgIpc) is 2.45. The third-order valence-electron chi connectivity index (χ3n) is 3.31. The molecule has 2 aromatic rings. The van der Waals surface area contributed by atoms with Crippen molar-refractivity contribution in [3.05, 3.63) is 65.0 Å². The normalized spacial score (nSPS) is 10.7. The van der Waals surface area contributed by atoms with Crippen molar-refractivity contribution in [3.8, 4) is 0 Å². The fourth-order valence-electron chi connectivity index (χ4n) is 2.05. The molecule has 4 heteroatoms. The summed E-state index contributed by atoms with van der Waals surface area (Å²) in [4.78, 5) is 10.8. The lowest BCUT2D eigenvalue weighted by Crippen LogP contribution is -2.04. The van der Waals surface area contributed by atoms with Crippen molar-refractivity contribution in [1.29, 1.82) is 0 Å². The quantitative estimate of drug-likeness (QED) is 0.864. The van der Waals surface area contributed by atoms with Gasteiger partial charge in [-0.05, 0) is 41.3 Å². The maximum atomic E-state index is 13.6. The number of hydrogen-bond acceptors (Lipinski definition) is 2. The van der Waals surface area contributed by atoms with E-state index in [2.05, 4.69) is 31.3 Å². The molecule has 0 aliphatic heterocycles. The maximum Gasteiger partial charge on any atom is 0.338 e. The molecule has 0 aliphatic rings. The van der Waals surface area contributed by atoms with Crippen LogP contribution in [0.25, 0.3) is 0 Å². The van der Waals surface area contributed by atoms with E-state index in [-0.39, 0.29) is 5.56 Å². The predicted molar refractivity (Wildman–Crippen MR) is 81.2 cm³/mol. The van der Waals surface area contributed by atoms with Gasteiger partial charge in [0.05, 0.1) is 5.56 Å². The third-order valence-corrected chi connectivity index (χ3v) is 3.31. The van der Waals surface area contributed by atoms with Crippen LogP contribution in [0.4, 0.5) is 10.1 Å². The van der Waals surface area contributed by atoms with Crippen LogP contribution in [-0.2, 0) is 6.54 Å². The van der Waals surface area contributed by atoms with Crippen molar-refractivity contribution >= 4 is 11.7 Å². The van der Waals surface area contributed by atoms with Crippen LogP contribution in [0.15, 0.2) is 42.5 Å². The van der Waals surface area contributed by atoms with Gasteiger partial charge in [0.25, 0.3) is 0 Å². The highest BCUT2D eigenvalue weighted by Gasteiger charge is 2.10. The van der Waals surface area contributed by atoms with E-state index in [1.54, 1.807) is 6.07 Å². The van der Waals surface area contributed by atoms with Crippen LogP contribution in [0.5, 0.6) is 0 Å². The summed E-state index contributed by atoms with van der Waals surface area (Å²) in [5.74, 6) is -1.52. The molecule has 0 spiro atoms. The zero-order chi connectivity index (χ0) is 15.4. The van der Waals surface area contributed by atoms with Gasteiger partial charge in [0.1, 0.15) is 5.82 Å². The number of anilines is 1. The SMILES string of the molecule is CC(C)c1cccc(NCc2ccc(C(=O)O)c(F)c2)c1. The van der Waals surface area contributed by atoms with E-state index in [1.165, 1.54) is 17.7 Å². The fraction of sp³-hybridized carbons (Fsp3) is 0.235. The van der Waals surface area contributed by atoms with Crippen LogP contribution in [0.2, 0.25) is 0 Å². The van der Waals surface area contributed by atoms with Crippen LogP contribution in [0.1, 0.15) is 41.3 Å². The molecule has 0 heterocycles. The summed E-state index contributed by atoms with van der Waals surface area (Å²) in [5.41, 5.74) is 2.59. The standard InChI is InChI=1S/C17H18FNO2/c1-11(2)13-4-3-5-14(9-13)19-10-12-6-7-15(17(20)21)16(18)8-12/h3-9,11,19H,10H2,1-2H3,(H,20,21). The Morgan fingerprint density at radius 3 is 2.62 bits per heavy atom. The van der Waals surface area contributed by atoms with E-state index < -0.39 is 11.8 Å². The van der Waals surface area contributed by atoms with Crippen molar-refractivity contribution in [1.82, 2.24) is 0 Å².